The first-order chi connectivity index (χ1) is 7.13. The molecule has 15 heavy (non-hydrogen) atoms. The van der Waals surface area contributed by atoms with Crippen molar-refractivity contribution in [1.82, 2.24) is 4.90 Å². The number of methoxy groups -OCH3 is 1. The van der Waals surface area contributed by atoms with E-state index in [0.29, 0.717) is 6.04 Å². The van der Waals surface area contributed by atoms with Gasteiger partial charge in [0.2, 0.25) is 0 Å². The summed E-state index contributed by atoms with van der Waals surface area (Å²) in [5, 5.41) is 0. The van der Waals surface area contributed by atoms with Crippen molar-refractivity contribution in [2.75, 3.05) is 20.7 Å². The quantitative estimate of drug-likeness (QED) is 0.777. The smallest absolute Gasteiger partial charge is 0.133 e. The van der Waals surface area contributed by atoms with E-state index < -0.39 is 0 Å². The predicted octanol–water partition coefficient (Wildman–Crippen LogP) is 3.01. The Morgan fingerprint density at radius 2 is 2.20 bits per heavy atom. The Morgan fingerprint density at radius 1 is 1.47 bits per heavy atom. The first-order valence-corrected chi connectivity index (χ1v) is 5.99. The molecule has 0 fully saturated rings. The van der Waals surface area contributed by atoms with Gasteiger partial charge in [-0.05, 0) is 59.6 Å². The topological polar surface area (TPSA) is 12.5 Å². The number of nitrogens with zero attached hydrogens (tertiary/aromatic N) is 1. The van der Waals surface area contributed by atoms with Crippen LogP contribution in [0.1, 0.15) is 24.1 Å². The Bertz CT molecular complexity index is 378. The fraction of sp³-hybridized carbons (Fsp3) is 0.500. The third-order valence-electron chi connectivity index (χ3n) is 3.26. The lowest BCUT2D eigenvalue weighted by atomic mass is 9.94. The fourth-order valence-corrected chi connectivity index (χ4v) is 2.62. The molecule has 0 aromatic heterocycles. The number of ether oxygens (including phenoxy) is 1. The number of hydrogen-bond acceptors (Lipinski definition) is 2. The number of fused-ring (bicyclic) bond motifs is 1. The van der Waals surface area contributed by atoms with Crippen molar-refractivity contribution in [3.8, 4) is 5.75 Å². The van der Waals surface area contributed by atoms with Gasteiger partial charge < -0.3 is 4.74 Å². The van der Waals surface area contributed by atoms with Crippen LogP contribution in [0.2, 0.25) is 0 Å². The molecule has 3 heteroatoms. The molecule has 1 aromatic carbocycles. The van der Waals surface area contributed by atoms with Crippen LogP contribution in [0.5, 0.6) is 5.75 Å². The zero-order valence-electron chi connectivity index (χ0n) is 9.38. The molecule has 0 saturated heterocycles. The minimum absolute atomic E-state index is 0.496. The molecule has 2 nitrogen and oxygen atoms in total. The average Bonchev–Trinajstić information content (AvgIpc) is 2.24. The maximum Gasteiger partial charge on any atom is 0.133 e. The number of benzene rings is 1. The molecule has 1 heterocycles. The van der Waals surface area contributed by atoms with Gasteiger partial charge in [0, 0.05) is 12.6 Å². The zero-order chi connectivity index (χ0) is 11.0. The molecule has 0 aliphatic carbocycles. The van der Waals surface area contributed by atoms with Gasteiger partial charge >= 0.3 is 0 Å². The van der Waals surface area contributed by atoms with Crippen LogP contribution in [0, 0.1) is 0 Å². The molecular formula is C12H16BrNO. The molecule has 0 radical (unpaired) electrons. The molecule has 1 atom stereocenters. The number of hydrogen-bond donors (Lipinski definition) is 0. The SMILES string of the molecule is COc1cc2c(cc1Br)C(C)N(C)CC2. The molecule has 0 saturated carbocycles. The summed E-state index contributed by atoms with van der Waals surface area (Å²) in [6.45, 7) is 3.37. The van der Waals surface area contributed by atoms with E-state index in [-0.39, 0.29) is 0 Å². The highest BCUT2D eigenvalue weighted by molar-refractivity contribution is 9.10. The highest BCUT2D eigenvalue weighted by Crippen LogP contribution is 2.35. The van der Waals surface area contributed by atoms with Gasteiger partial charge in [0.1, 0.15) is 5.75 Å². The van der Waals surface area contributed by atoms with Crippen LogP contribution in [0.15, 0.2) is 16.6 Å². The standard InChI is InChI=1S/C12H16BrNO/c1-8-10-7-11(13)12(15-3)6-9(10)4-5-14(8)2/h6-8H,4-5H2,1-3H3. The van der Waals surface area contributed by atoms with Crippen LogP contribution in [0.3, 0.4) is 0 Å². The monoisotopic (exact) mass is 269 g/mol. The molecule has 1 aliphatic heterocycles. The summed E-state index contributed by atoms with van der Waals surface area (Å²) < 4.78 is 6.36. The van der Waals surface area contributed by atoms with E-state index in [1.54, 1.807) is 7.11 Å². The lowest BCUT2D eigenvalue weighted by Gasteiger charge is -2.32. The highest BCUT2D eigenvalue weighted by Gasteiger charge is 2.22. The lowest BCUT2D eigenvalue weighted by molar-refractivity contribution is 0.247. The van der Waals surface area contributed by atoms with Crippen molar-refractivity contribution in [3.63, 3.8) is 0 Å². The predicted molar refractivity (Wildman–Crippen MR) is 65.4 cm³/mol. The molecule has 0 spiro atoms. The van der Waals surface area contributed by atoms with Gasteiger partial charge in [-0.15, -0.1) is 0 Å². The zero-order valence-corrected chi connectivity index (χ0v) is 11.0. The largest absolute Gasteiger partial charge is 0.496 e. The fourth-order valence-electron chi connectivity index (χ4n) is 2.10. The Hall–Kier alpha value is -0.540. The highest BCUT2D eigenvalue weighted by atomic mass is 79.9. The molecule has 2 rings (SSSR count). The van der Waals surface area contributed by atoms with E-state index in [1.807, 2.05) is 0 Å². The third-order valence-corrected chi connectivity index (χ3v) is 3.88. The molecule has 1 aromatic rings. The van der Waals surface area contributed by atoms with Crippen molar-refractivity contribution < 1.29 is 4.74 Å². The maximum absolute atomic E-state index is 5.31. The second-order valence-electron chi connectivity index (χ2n) is 4.09. The van der Waals surface area contributed by atoms with Crippen LogP contribution in [-0.2, 0) is 6.42 Å². The van der Waals surface area contributed by atoms with Crippen molar-refractivity contribution in [2.24, 2.45) is 0 Å². The van der Waals surface area contributed by atoms with E-state index >= 15 is 0 Å². The minimum Gasteiger partial charge on any atom is -0.496 e. The van der Waals surface area contributed by atoms with Crippen molar-refractivity contribution >= 4 is 15.9 Å². The molecule has 0 bridgehead atoms. The van der Waals surface area contributed by atoms with E-state index in [1.165, 1.54) is 11.1 Å². The van der Waals surface area contributed by atoms with Gasteiger partial charge in [-0.25, -0.2) is 0 Å². The summed E-state index contributed by atoms with van der Waals surface area (Å²) in [5.74, 6) is 0.936. The molecule has 82 valence electrons. The molecule has 1 aliphatic rings. The van der Waals surface area contributed by atoms with Gasteiger partial charge in [-0.1, -0.05) is 0 Å². The lowest BCUT2D eigenvalue weighted by Crippen LogP contribution is -2.30. The molecule has 1 unspecified atom stereocenters. The third kappa shape index (κ3) is 1.91. The Balaban J connectivity index is 2.47. The normalized spacial score (nSPS) is 21.2. The van der Waals surface area contributed by atoms with Gasteiger partial charge in [0.05, 0.1) is 11.6 Å². The van der Waals surface area contributed by atoms with Gasteiger partial charge in [-0.2, -0.15) is 0 Å². The first-order valence-electron chi connectivity index (χ1n) is 5.20. The van der Waals surface area contributed by atoms with Crippen LogP contribution < -0.4 is 4.74 Å². The van der Waals surface area contributed by atoms with E-state index in [4.69, 9.17) is 4.74 Å². The van der Waals surface area contributed by atoms with E-state index in [2.05, 4.69) is 46.9 Å². The van der Waals surface area contributed by atoms with Gasteiger partial charge in [-0.3, -0.25) is 4.90 Å². The maximum atomic E-state index is 5.31. The summed E-state index contributed by atoms with van der Waals surface area (Å²) in [5.41, 5.74) is 2.83. The summed E-state index contributed by atoms with van der Waals surface area (Å²) in [7, 11) is 3.89. The number of rotatable bonds is 1. The summed E-state index contributed by atoms with van der Waals surface area (Å²) in [6, 6.07) is 4.84. The second-order valence-corrected chi connectivity index (χ2v) is 4.95. The first kappa shape index (κ1) is 11.0. The van der Waals surface area contributed by atoms with E-state index in [9.17, 15) is 0 Å². The van der Waals surface area contributed by atoms with Gasteiger partial charge in [0.25, 0.3) is 0 Å². The number of likely N-dealkylation sites (N-methyl/N-ethyl adjacent to an activating group) is 1. The summed E-state index contributed by atoms with van der Waals surface area (Å²) >= 11 is 3.54. The summed E-state index contributed by atoms with van der Waals surface area (Å²) in [6.07, 6.45) is 1.11. The molecule has 0 amide bonds. The van der Waals surface area contributed by atoms with Crippen molar-refractivity contribution in [3.05, 3.63) is 27.7 Å². The van der Waals surface area contributed by atoms with Crippen molar-refractivity contribution in [2.45, 2.75) is 19.4 Å². The van der Waals surface area contributed by atoms with Crippen LogP contribution in [0.4, 0.5) is 0 Å². The van der Waals surface area contributed by atoms with Crippen LogP contribution >= 0.6 is 15.9 Å². The Morgan fingerprint density at radius 3 is 2.87 bits per heavy atom. The van der Waals surface area contributed by atoms with Crippen LogP contribution in [0.25, 0.3) is 0 Å². The Kier molecular flexibility index (Phi) is 3.03. The number of halogens is 1. The van der Waals surface area contributed by atoms with Crippen molar-refractivity contribution in [1.29, 1.82) is 0 Å². The Labute approximate surface area is 99.4 Å². The summed E-state index contributed by atoms with van der Waals surface area (Å²) in [4.78, 5) is 2.38. The molecule has 0 N–H and O–H groups in total. The molecular weight excluding hydrogens is 254 g/mol. The van der Waals surface area contributed by atoms with Crippen LogP contribution in [-0.4, -0.2) is 25.6 Å². The minimum atomic E-state index is 0.496. The van der Waals surface area contributed by atoms with E-state index in [0.717, 1.165) is 23.2 Å². The second kappa shape index (κ2) is 4.14. The average molecular weight is 270 g/mol. The van der Waals surface area contributed by atoms with Gasteiger partial charge in [0.15, 0.2) is 0 Å².